The number of carbonyl (C=O) groups excluding carboxylic acids is 1. The normalized spacial score (nSPS) is 13.8. The molecule has 1 amide bonds. The largest absolute Gasteiger partial charge is 0.361 e. The number of nitrogens with one attached hydrogen (secondary N) is 1. The Morgan fingerprint density at radius 3 is 2.56 bits per heavy atom. The molecule has 0 bridgehead atoms. The molecular formula is C21H23N5O. The van der Waals surface area contributed by atoms with Crippen LogP contribution in [-0.2, 0) is 0 Å². The number of carbonyl (C=O) groups is 1. The molecule has 0 aliphatic carbocycles. The maximum absolute atomic E-state index is 12.8. The number of nitrogens with zero attached hydrogens (tertiary/aromatic N) is 4. The van der Waals surface area contributed by atoms with Crippen LogP contribution in [0.15, 0.2) is 48.7 Å². The number of anilines is 3. The van der Waals surface area contributed by atoms with Crippen LogP contribution in [0.25, 0.3) is 10.8 Å². The maximum Gasteiger partial charge on any atom is 0.255 e. The van der Waals surface area contributed by atoms with Crippen molar-refractivity contribution in [3.05, 3.63) is 54.2 Å². The van der Waals surface area contributed by atoms with Crippen LogP contribution in [0.3, 0.4) is 0 Å². The highest BCUT2D eigenvalue weighted by Gasteiger charge is 2.19. The Labute approximate surface area is 158 Å². The monoisotopic (exact) mass is 361 g/mol. The van der Waals surface area contributed by atoms with Crippen LogP contribution in [-0.4, -0.2) is 43.1 Å². The molecule has 1 aromatic heterocycles. The van der Waals surface area contributed by atoms with Gasteiger partial charge in [-0.1, -0.05) is 30.3 Å². The van der Waals surface area contributed by atoms with Gasteiger partial charge in [-0.05, 0) is 35.7 Å². The average Bonchev–Trinajstić information content (AvgIpc) is 3.22. The number of benzene rings is 2. The standard InChI is InChI=1S/C21H23N5O/c1-25(2)19-18(14-22-21(24-19)26-11-5-6-12-26)23-20(27)17-10-9-15-7-3-4-8-16(15)13-17/h3-4,7-10,13-14H,5-6,11-12H2,1-2H3,(H,23,27). The molecule has 27 heavy (non-hydrogen) atoms. The zero-order valence-electron chi connectivity index (χ0n) is 15.6. The van der Waals surface area contributed by atoms with Crippen molar-refractivity contribution < 1.29 is 4.79 Å². The highest BCUT2D eigenvalue weighted by molar-refractivity contribution is 6.07. The Morgan fingerprint density at radius 2 is 1.81 bits per heavy atom. The van der Waals surface area contributed by atoms with Crippen LogP contribution >= 0.6 is 0 Å². The van der Waals surface area contributed by atoms with Crippen molar-refractivity contribution in [3.63, 3.8) is 0 Å². The quantitative estimate of drug-likeness (QED) is 0.770. The summed E-state index contributed by atoms with van der Waals surface area (Å²) in [5.41, 5.74) is 1.23. The van der Waals surface area contributed by atoms with E-state index in [9.17, 15) is 4.79 Å². The van der Waals surface area contributed by atoms with Crippen LogP contribution in [0.4, 0.5) is 17.5 Å². The van der Waals surface area contributed by atoms with Crippen molar-refractivity contribution in [1.82, 2.24) is 9.97 Å². The minimum atomic E-state index is -0.165. The molecule has 0 saturated carbocycles. The maximum atomic E-state index is 12.8. The van der Waals surface area contributed by atoms with E-state index in [-0.39, 0.29) is 5.91 Å². The lowest BCUT2D eigenvalue weighted by molar-refractivity contribution is 0.102. The topological polar surface area (TPSA) is 61.4 Å². The predicted molar refractivity (Wildman–Crippen MR) is 110 cm³/mol. The number of fused-ring (bicyclic) bond motifs is 1. The number of hydrogen-bond acceptors (Lipinski definition) is 5. The van der Waals surface area contributed by atoms with Gasteiger partial charge in [0.15, 0.2) is 5.82 Å². The first-order chi connectivity index (χ1) is 13.1. The van der Waals surface area contributed by atoms with Crippen molar-refractivity contribution in [3.8, 4) is 0 Å². The summed E-state index contributed by atoms with van der Waals surface area (Å²) in [6.07, 6.45) is 4.04. The van der Waals surface area contributed by atoms with Gasteiger partial charge in [0, 0.05) is 32.7 Å². The molecular weight excluding hydrogens is 338 g/mol. The Kier molecular flexibility index (Phi) is 4.62. The lowest BCUT2D eigenvalue weighted by Gasteiger charge is -2.21. The van der Waals surface area contributed by atoms with Crippen molar-refractivity contribution in [2.45, 2.75) is 12.8 Å². The first-order valence-electron chi connectivity index (χ1n) is 9.21. The van der Waals surface area contributed by atoms with E-state index >= 15 is 0 Å². The first kappa shape index (κ1) is 17.3. The van der Waals surface area contributed by atoms with Gasteiger partial charge in [-0.25, -0.2) is 4.98 Å². The molecule has 0 unspecified atom stereocenters. The Balaban J connectivity index is 1.61. The van der Waals surface area contributed by atoms with Gasteiger partial charge in [0.1, 0.15) is 5.69 Å². The Hall–Kier alpha value is -3.15. The summed E-state index contributed by atoms with van der Waals surface area (Å²) < 4.78 is 0. The van der Waals surface area contributed by atoms with E-state index in [1.807, 2.05) is 61.5 Å². The van der Waals surface area contributed by atoms with Crippen molar-refractivity contribution in [2.75, 3.05) is 42.3 Å². The molecule has 1 N–H and O–H groups in total. The molecule has 4 rings (SSSR count). The molecule has 1 saturated heterocycles. The van der Waals surface area contributed by atoms with E-state index in [1.54, 1.807) is 6.20 Å². The number of amides is 1. The molecule has 1 aliphatic heterocycles. The molecule has 1 aliphatic rings. The summed E-state index contributed by atoms with van der Waals surface area (Å²) in [6, 6.07) is 13.7. The van der Waals surface area contributed by atoms with E-state index in [4.69, 9.17) is 0 Å². The van der Waals surface area contributed by atoms with Gasteiger partial charge in [-0.3, -0.25) is 4.79 Å². The third kappa shape index (κ3) is 3.56. The highest BCUT2D eigenvalue weighted by Crippen LogP contribution is 2.26. The van der Waals surface area contributed by atoms with Gasteiger partial charge < -0.3 is 15.1 Å². The fourth-order valence-electron chi connectivity index (χ4n) is 3.39. The lowest BCUT2D eigenvalue weighted by atomic mass is 10.1. The number of rotatable bonds is 4. The Morgan fingerprint density at radius 1 is 1.07 bits per heavy atom. The SMILES string of the molecule is CN(C)c1nc(N2CCCC2)ncc1NC(=O)c1ccc2ccccc2c1. The number of aromatic nitrogens is 2. The summed E-state index contributed by atoms with van der Waals surface area (Å²) in [4.78, 5) is 26.0. The van der Waals surface area contributed by atoms with Crippen LogP contribution in [0.5, 0.6) is 0 Å². The predicted octanol–water partition coefficient (Wildman–Crippen LogP) is 3.55. The van der Waals surface area contributed by atoms with Gasteiger partial charge >= 0.3 is 0 Å². The van der Waals surface area contributed by atoms with Crippen molar-refractivity contribution >= 4 is 34.1 Å². The summed E-state index contributed by atoms with van der Waals surface area (Å²) >= 11 is 0. The van der Waals surface area contributed by atoms with Gasteiger partial charge in [-0.2, -0.15) is 4.98 Å². The van der Waals surface area contributed by atoms with E-state index in [1.165, 1.54) is 12.8 Å². The molecule has 3 aromatic rings. The van der Waals surface area contributed by atoms with Crippen molar-refractivity contribution in [2.24, 2.45) is 0 Å². The molecule has 1 fully saturated rings. The molecule has 0 atom stereocenters. The summed E-state index contributed by atoms with van der Waals surface area (Å²) in [6.45, 7) is 1.96. The van der Waals surface area contributed by atoms with Gasteiger partial charge in [0.2, 0.25) is 5.95 Å². The second-order valence-corrected chi connectivity index (χ2v) is 7.01. The number of hydrogen-bond donors (Lipinski definition) is 1. The van der Waals surface area contributed by atoms with E-state index in [2.05, 4.69) is 20.2 Å². The average molecular weight is 361 g/mol. The van der Waals surface area contributed by atoms with Gasteiger partial charge in [0.05, 0.1) is 6.20 Å². The Bertz CT molecular complexity index is 979. The summed E-state index contributed by atoms with van der Waals surface area (Å²) in [5, 5.41) is 5.12. The fourth-order valence-corrected chi connectivity index (χ4v) is 3.39. The minimum absolute atomic E-state index is 0.165. The van der Waals surface area contributed by atoms with Gasteiger partial charge in [0.25, 0.3) is 5.91 Å². The molecule has 2 aromatic carbocycles. The zero-order valence-corrected chi connectivity index (χ0v) is 15.6. The molecule has 138 valence electrons. The molecule has 0 radical (unpaired) electrons. The highest BCUT2D eigenvalue weighted by atomic mass is 16.1. The fraction of sp³-hybridized carbons (Fsp3) is 0.286. The molecule has 6 nitrogen and oxygen atoms in total. The molecule has 6 heteroatoms. The van der Waals surface area contributed by atoms with E-state index in [0.29, 0.717) is 17.1 Å². The van der Waals surface area contributed by atoms with Gasteiger partial charge in [-0.15, -0.1) is 0 Å². The molecule has 0 spiro atoms. The second kappa shape index (κ2) is 7.23. The van der Waals surface area contributed by atoms with Crippen LogP contribution in [0.1, 0.15) is 23.2 Å². The lowest BCUT2D eigenvalue weighted by Crippen LogP contribution is -2.23. The first-order valence-corrected chi connectivity index (χ1v) is 9.21. The summed E-state index contributed by atoms with van der Waals surface area (Å²) in [5.74, 6) is 1.27. The third-order valence-corrected chi connectivity index (χ3v) is 4.83. The van der Waals surface area contributed by atoms with Crippen LogP contribution in [0, 0.1) is 0 Å². The van der Waals surface area contributed by atoms with Crippen LogP contribution in [0.2, 0.25) is 0 Å². The van der Waals surface area contributed by atoms with E-state index in [0.717, 1.165) is 29.8 Å². The van der Waals surface area contributed by atoms with E-state index < -0.39 is 0 Å². The van der Waals surface area contributed by atoms with Crippen LogP contribution < -0.4 is 15.1 Å². The van der Waals surface area contributed by atoms with Crippen molar-refractivity contribution in [1.29, 1.82) is 0 Å². The minimum Gasteiger partial charge on any atom is -0.361 e. The third-order valence-electron chi connectivity index (χ3n) is 4.83. The second-order valence-electron chi connectivity index (χ2n) is 7.01. The summed E-state index contributed by atoms with van der Waals surface area (Å²) in [7, 11) is 3.84. The molecule has 2 heterocycles. The zero-order chi connectivity index (χ0) is 18.8. The smallest absolute Gasteiger partial charge is 0.255 e.